The predicted octanol–water partition coefficient (Wildman–Crippen LogP) is -1.95. The van der Waals surface area contributed by atoms with Crippen LogP contribution in [0.4, 0.5) is 0 Å². The van der Waals surface area contributed by atoms with Gasteiger partial charge < -0.3 is 10.2 Å². The summed E-state index contributed by atoms with van der Waals surface area (Å²) in [6.07, 6.45) is 0. The van der Waals surface area contributed by atoms with Crippen molar-refractivity contribution in [1.82, 2.24) is 0 Å². The van der Waals surface area contributed by atoms with Crippen LogP contribution in [0.25, 0.3) is 0 Å². The maximum atomic E-state index is 7.62. The zero-order valence-electron chi connectivity index (χ0n) is 3.72. The van der Waals surface area contributed by atoms with Gasteiger partial charge in [0.05, 0.1) is 13.2 Å². The molecule has 0 aromatic heterocycles. The summed E-state index contributed by atoms with van der Waals surface area (Å²) in [7, 11) is 0. The van der Waals surface area contributed by atoms with Gasteiger partial charge in [-0.25, -0.2) is 0 Å². The average Bonchev–Trinajstić information content (AvgIpc) is 1.37. The Bertz CT molecular complexity index is 13.5. The molecular weight excluding hydrogens is 329 g/mol. The molecule has 0 heterocycles. The zero-order chi connectivity index (χ0) is 3.41. The van der Waals surface area contributed by atoms with Crippen LogP contribution in [0.15, 0.2) is 0 Å². The number of hydrogen-bond acceptors (Lipinski definition) is 2. The Labute approximate surface area is 69.9 Å². The summed E-state index contributed by atoms with van der Waals surface area (Å²) in [5.74, 6) is 0. The van der Waals surface area contributed by atoms with Gasteiger partial charge in [0.2, 0.25) is 0 Å². The predicted molar refractivity (Wildman–Crippen MR) is 22.7 cm³/mol. The van der Waals surface area contributed by atoms with Gasteiger partial charge in [-0.05, 0) is 0 Å². The van der Waals surface area contributed by atoms with Crippen molar-refractivity contribution in [3.05, 3.63) is 0 Å². The monoisotopic (exact) mass is 336 g/mol. The molecule has 4 heteroatoms. The molecule has 0 aromatic carbocycles. The molecule has 2 nitrogen and oxygen atoms in total. The molecule has 0 aromatic rings. The summed E-state index contributed by atoms with van der Waals surface area (Å²) in [6, 6.07) is 0. The van der Waals surface area contributed by atoms with Crippen LogP contribution in [0, 0.1) is 0 Å². The smallest absolute Gasteiger partial charge is 0 e. The van der Waals surface area contributed by atoms with Crippen LogP contribution in [0.2, 0.25) is 0 Å². The molecule has 0 bridgehead atoms. The molecule has 0 spiro atoms. The van der Waals surface area contributed by atoms with Crippen molar-refractivity contribution >= 4 is 27.3 Å². The van der Waals surface area contributed by atoms with E-state index in [0.29, 0.717) is 0 Å². The molecule has 2 N–H and O–H groups in total. The fraction of sp³-hybridized carbons (Fsp3) is 1.00. The average molecular weight is 337 g/mol. The van der Waals surface area contributed by atoms with Crippen LogP contribution < -0.4 is 0 Å². The summed E-state index contributed by atoms with van der Waals surface area (Å²) in [4.78, 5) is 0. The van der Waals surface area contributed by atoms with Gasteiger partial charge in [0.1, 0.15) is 0 Å². The van der Waals surface area contributed by atoms with Crippen molar-refractivity contribution in [2.24, 2.45) is 0 Å². The van der Waals surface area contributed by atoms with E-state index in [1.807, 2.05) is 0 Å². The van der Waals surface area contributed by atoms with Crippen molar-refractivity contribution in [3.8, 4) is 0 Å². The molecule has 0 fully saturated rings. The van der Waals surface area contributed by atoms with Crippen molar-refractivity contribution in [3.63, 3.8) is 0 Å². The van der Waals surface area contributed by atoms with Gasteiger partial charge in [-0.2, -0.15) is 0 Å². The van der Waals surface area contributed by atoms with Gasteiger partial charge in [-0.15, -0.1) is 0 Å². The first-order valence-electron chi connectivity index (χ1n) is 1.13. The van der Waals surface area contributed by atoms with Crippen LogP contribution in [0.5, 0.6) is 0 Å². The molecule has 6 heavy (non-hydrogen) atoms. The number of aliphatic hydroxyl groups excluding tert-OH is 2. The quantitative estimate of drug-likeness (QED) is 0.547. The molecule has 0 aliphatic carbocycles. The number of rotatable bonds is 1. The zero-order valence-corrected chi connectivity index (χ0v) is 12.2. The van der Waals surface area contributed by atoms with E-state index < -0.39 is 0 Å². The molecule has 0 atom stereocenters. The van der Waals surface area contributed by atoms with Crippen molar-refractivity contribution in [2.45, 2.75) is 0 Å². The van der Waals surface area contributed by atoms with E-state index in [-0.39, 0.29) is 60.0 Å². The van der Waals surface area contributed by atoms with Crippen LogP contribution in [0.1, 0.15) is 0 Å². The third-order valence-electron chi connectivity index (χ3n) is 0.1000. The molecule has 34 valence electrons. The van der Waals surface area contributed by atoms with Crippen molar-refractivity contribution in [2.75, 3.05) is 13.2 Å². The van der Waals surface area contributed by atoms with Crippen molar-refractivity contribution in [1.29, 1.82) is 0 Å². The molecule has 0 aliphatic heterocycles. The van der Waals surface area contributed by atoms with E-state index in [2.05, 4.69) is 0 Å². The minimum absolute atomic E-state index is 0. The number of hydrogen-bond donors (Lipinski definition) is 2. The second-order valence-electron chi connectivity index (χ2n) is 0.447. The summed E-state index contributed by atoms with van der Waals surface area (Å²) >= 11 is 0. The summed E-state index contributed by atoms with van der Waals surface area (Å²) in [5.41, 5.74) is 0. The fourth-order valence-electron chi connectivity index (χ4n) is 0. The van der Waals surface area contributed by atoms with E-state index in [9.17, 15) is 0 Å². The van der Waals surface area contributed by atoms with Gasteiger partial charge >= 0.3 is 27.3 Å². The molecule has 2 radical (unpaired) electrons. The van der Waals surface area contributed by atoms with Crippen molar-refractivity contribution < 1.29 is 29.7 Å². The maximum Gasteiger partial charge on any atom is 0 e. The van der Waals surface area contributed by atoms with E-state index in [1.54, 1.807) is 0 Å². The SMILES string of the molecule is OCCO.[PbH2].[Zn]. The van der Waals surface area contributed by atoms with Gasteiger partial charge in [0, 0.05) is 19.5 Å². The van der Waals surface area contributed by atoms with Crippen LogP contribution in [-0.2, 0) is 19.5 Å². The Morgan fingerprint density at radius 2 is 1.17 bits per heavy atom. The van der Waals surface area contributed by atoms with E-state index >= 15 is 0 Å². The first kappa shape index (κ1) is 15.7. The number of aliphatic hydroxyl groups is 2. The summed E-state index contributed by atoms with van der Waals surface area (Å²) < 4.78 is 0. The van der Waals surface area contributed by atoms with Gasteiger partial charge in [-0.1, -0.05) is 0 Å². The first-order valence-corrected chi connectivity index (χ1v) is 1.13. The molecule has 0 rings (SSSR count). The van der Waals surface area contributed by atoms with Gasteiger partial charge in [-0.3, -0.25) is 0 Å². The van der Waals surface area contributed by atoms with Gasteiger partial charge in [0.15, 0.2) is 0 Å². The molecule has 0 aliphatic rings. The second-order valence-corrected chi connectivity index (χ2v) is 0.447. The first-order chi connectivity index (χ1) is 1.91. The van der Waals surface area contributed by atoms with Crippen LogP contribution in [-0.4, -0.2) is 50.7 Å². The summed E-state index contributed by atoms with van der Waals surface area (Å²) in [5, 5.41) is 15.2. The van der Waals surface area contributed by atoms with Crippen LogP contribution >= 0.6 is 0 Å². The Balaban J connectivity index is -0.0000000450. The van der Waals surface area contributed by atoms with E-state index in [4.69, 9.17) is 10.2 Å². The molecule has 0 saturated heterocycles. The Kier molecular flexibility index (Phi) is 41.9. The minimum atomic E-state index is -0.125. The summed E-state index contributed by atoms with van der Waals surface area (Å²) in [6.45, 7) is -0.250. The second kappa shape index (κ2) is 16.1. The molecule has 0 amide bonds. The third-order valence-corrected chi connectivity index (χ3v) is 0.1000. The van der Waals surface area contributed by atoms with Gasteiger partial charge in [0.25, 0.3) is 0 Å². The Hall–Kier alpha value is 1.47. The minimum Gasteiger partial charge on any atom is 0 e. The Morgan fingerprint density at radius 1 is 1.00 bits per heavy atom. The molecule has 0 unspecified atom stereocenters. The Morgan fingerprint density at radius 3 is 1.17 bits per heavy atom. The molecular formula is C2H8O2PbZn. The van der Waals surface area contributed by atoms with E-state index in [0.717, 1.165) is 0 Å². The van der Waals surface area contributed by atoms with Crippen LogP contribution in [0.3, 0.4) is 0 Å². The topological polar surface area (TPSA) is 40.5 Å². The fourth-order valence-corrected chi connectivity index (χ4v) is 0. The standard InChI is InChI=1S/C2H6O2.Pb.Zn.2H/c3-1-2-4;;;;/h3-4H,1-2H2;;;;. The normalized spacial score (nSPS) is 5.00. The third kappa shape index (κ3) is 17.9. The largest absolute Gasteiger partial charge is 0 e. The van der Waals surface area contributed by atoms with E-state index in [1.165, 1.54) is 0 Å². The molecule has 0 saturated carbocycles. The maximum absolute atomic E-state index is 7.62.